The van der Waals surface area contributed by atoms with Gasteiger partial charge in [0.15, 0.2) is 0 Å². The van der Waals surface area contributed by atoms with E-state index in [2.05, 4.69) is 5.32 Å². The van der Waals surface area contributed by atoms with Crippen molar-refractivity contribution in [1.29, 1.82) is 0 Å². The molecule has 1 aliphatic heterocycles. The molecule has 1 fully saturated rings. The molecule has 0 aromatic rings. The lowest BCUT2D eigenvalue weighted by Crippen LogP contribution is -2.59. The number of halogens is 3. The van der Waals surface area contributed by atoms with E-state index in [-0.39, 0.29) is 45.4 Å². The molecule has 0 bridgehead atoms. The maximum atomic E-state index is 12.9. The number of carbonyl (C=O) groups excluding carboxylic acids is 4. The number of alkyl halides is 3. The van der Waals surface area contributed by atoms with Crippen LogP contribution in [0.4, 0.5) is 13.2 Å². The van der Waals surface area contributed by atoms with Crippen LogP contribution in [0, 0.1) is 0 Å². The van der Waals surface area contributed by atoms with E-state index in [0.717, 1.165) is 12.8 Å². The lowest BCUT2D eigenvalue weighted by atomic mass is 9.94. The molecule has 1 aliphatic rings. The molecule has 0 aromatic heterocycles. The van der Waals surface area contributed by atoms with Crippen molar-refractivity contribution in [2.75, 3.05) is 19.8 Å². The molecular formula is C21H33F3N2O6. The van der Waals surface area contributed by atoms with Gasteiger partial charge in [0, 0.05) is 13.0 Å². The van der Waals surface area contributed by atoms with Gasteiger partial charge in [0.2, 0.25) is 5.91 Å². The quantitative estimate of drug-likeness (QED) is 0.351. The van der Waals surface area contributed by atoms with Crippen molar-refractivity contribution >= 4 is 23.8 Å². The van der Waals surface area contributed by atoms with Crippen molar-refractivity contribution in [3.63, 3.8) is 0 Å². The summed E-state index contributed by atoms with van der Waals surface area (Å²) in [7, 11) is 0. The van der Waals surface area contributed by atoms with E-state index in [9.17, 15) is 32.3 Å². The van der Waals surface area contributed by atoms with Crippen molar-refractivity contribution in [3.8, 4) is 0 Å². The monoisotopic (exact) mass is 466 g/mol. The van der Waals surface area contributed by atoms with Crippen LogP contribution in [0.3, 0.4) is 0 Å². The van der Waals surface area contributed by atoms with E-state index in [4.69, 9.17) is 9.47 Å². The zero-order valence-electron chi connectivity index (χ0n) is 18.9. The fraction of sp³-hybridized carbons (Fsp3) is 0.810. The number of ether oxygens (including phenoxy) is 2. The number of likely N-dealkylation sites (tertiary alicyclic amines) is 1. The number of rotatable bonds is 12. The van der Waals surface area contributed by atoms with Crippen LogP contribution in [0.5, 0.6) is 0 Å². The molecule has 0 saturated carbocycles. The standard InChI is InChI=1S/C21H33F3N2O6/c1-4-6-13-31-16(27)10-11-20(3,19(30)32-14-7-5-2)25-17(28)15-9-8-12-26(15)18(29)21(22,23)24/h15H,4-14H2,1-3H3,(H,25,28)/t15-,20-/m0/s1. The van der Waals surface area contributed by atoms with Crippen molar-refractivity contribution in [2.24, 2.45) is 0 Å². The predicted molar refractivity (Wildman–Crippen MR) is 108 cm³/mol. The molecule has 0 aromatic carbocycles. The van der Waals surface area contributed by atoms with Crippen molar-refractivity contribution in [1.82, 2.24) is 10.2 Å². The van der Waals surface area contributed by atoms with Gasteiger partial charge in [0.25, 0.3) is 0 Å². The van der Waals surface area contributed by atoms with E-state index in [1.807, 2.05) is 13.8 Å². The van der Waals surface area contributed by atoms with Crippen LogP contribution in [-0.2, 0) is 28.7 Å². The number of hydrogen-bond donors (Lipinski definition) is 1. The van der Waals surface area contributed by atoms with Gasteiger partial charge in [-0.25, -0.2) is 4.79 Å². The molecule has 1 saturated heterocycles. The largest absolute Gasteiger partial charge is 0.471 e. The highest BCUT2D eigenvalue weighted by atomic mass is 19.4. The molecule has 2 atom stereocenters. The molecule has 0 unspecified atom stereocenters. The third kappa shape index (κ3) is 8.31. The zero-order valence-corrected chi connectivity index (χ0v) is 18.9. The smallest absolute Gasteiger partial charge is 0.466 e. The van der Waals surface area contributed by atoms with Gasteiger partial charge in [-0.15, -0.1) is 0 Å². The van der Waals surface area contributed by atoms with Crippen LogP contribution in [0.1, 0.15) is 72.1 Å². The van der Waals surface area contributed by atoms with E-state index in [0.29, 0.717) is 17.7 Å². The highest BCUT2D eigenvalue weighted by molar-refractivity contribution is 5.94. The third-order valence-corrected chi connectivity index (χ3v) is 5.23. The highest BCUT2D eigenvalue weighted by Crippen LogP contribution is 2.27. The summed E-state index contributed by atoms with van der Waals surface area (Å²) in [6.45, 7) is 5.30. The van der Waals surface area contributed by atoms with Gasteiger partial charge in [0.05, 0.1) is 13.2 Å². The van der Waals surface area contributed by atoms with E-state index >= 15 is 0 Å². The highest BCUT2D eigenvalue weighted by Gasteiger charge is 2.49. The van der Waals surface area contributed by atoms with Crippen molar-refractivity contribution in [2.45, 2.75) is 89.9 Å². The number of nitrogens with one attached hydrogen (secondary N) is 1. The van der Waals surface area contributed by atoms with Gasteiger partial charge >= 0.3 is 24.0 Å². The Balaban J connectivity index is 2.91. The van der Waals surface area contributed by atoms with Crippen LogP contribution >= 0.6 is 0 Å². The Bertz CT molecular complexity index is 670. The van der Waals surface area contributed by atoms with E-state index in [1.165, 1.54) is 6.92 Å². The lowest BCUT2D eigenvalue weighted by molar-refractivity contribution is -0.187. The number of unbranched alkanes of at least 4 members (excludes halogenated alkanes) is 2. The summed E-state index contributed by atoms with van der Waals surface area (Å²) in [6, 6.07) is -1.36. The number of carbonyl (C=O) groups is 4. The minimum absolute atomic E-state index is 0.0354. The normalized spacial score (nSPS) is 18.1. The first kappa shape index (κ1) is 27.7. The summed E-state index contributed by atoms with van der Waals surface area (Å²) in [5.41, 5.74) is -1.66. The fourth-order valence-electron chi connectivity index (χ4n) is 3.24. The second-order valence-corrected chi connectivity index (χ2v) is 8.04. The molecule has 1 rings (SSSR count). The summed E-state index contributed by atoms with van der Waals surface area (Å²) in [5.74, 6) is -4.35. The lowest BCUT2D eigenvalue weighted by Gasteiger charge is -2.32. The third-order valence-electron chi connectivity index (χ3n) is 5.23. The first-order valence-electron chi connectivity index (χ1n) is 11.0. The molecular weight excluding hydrogens is 433 g/mol. The Labute approximate surface area is 186 Å². The minimum atomic E-state index is -5.10. The number of nitrogens with zero attached hydrogens (tertiary/aromatic N) is 1. The summed E-state index contributed by atoms with van der Waals surface area (Å²) in [5, 5.41) is 2.44. The van der Waals surface area contributed by atoms with Crippen LogP contribution in [-0.4, -0.2) is 66.2 Å². The van der Waals surface area contributed by atoms with E-state index in [1.54, 1.807) is 0 Å². The molecule has 184 valence electrons. The molecule has 32 heavy (non-hydrogen) atoms. The Kier molecular flexibility index (Phi) is 10.9. The van der Waals surface area contributed by atoms with Crippen LogP contribution in [0.25, 0.3) is 0 Å². The predicted octanol–water partition coefficient (Wildman–Crippen LogP) is 2.88. The second kappa shape index (κ2) is 12.6. The first-order chi connectivity index (χ1) is 15.0. The molecule has 2 amide bonds. The maximum Gasteiger partial charge on any atom is 0.471 e. The van der Waals surface area contributed by atoms with Crippen molar-refractivity contribution < 1.29 is 41.8 Å². The minimum Gasteiger partial charge on any atom is -0.466 e. The SMILES string of the molecule is CCCCOC(=O)CC[C@](C)(NC(=O)[C@@H]1CCCN1C(=O)C(F)(F)F)C(=O)OCCCC. The Hall–Kier alpha value is -2.33. The zero-order chi connectivity index (χ0) is 24.4. The summed E-state index contributed by atoms with van der Waals surface area (Å²) in [6.07, 6.45) is -2.33. The topological polar surface area (TPSA) is 102 Å². The number of hydrogen-bond acceptors (Lipinski definition) is 6. The van der Waals surface area contributed by atoms with Gasteiger partial charge in [0.1, 0.15) is 11.6 Å². The molecule has 0 radical (unpaired) electrons. The Morgan fingerprint density at radius 1 is 1.03 bits per heavy atom. The van der Waals surface area contributed by atoms with Gasteiger partial charge in [-0.1, -0.05) is 26.7 Å². The average Bonchev–Trinajstić information content (AvgIpc) is 3.21. The van der Waals surface area contributed by atoms with Crippen LogP contribution in [0.15, 0.2) is 0 Å². The molecule has 1 heterocycles. The fourth-order valence-corrected chi connectivity index (χ4v) is 3.24. The second-order valence-electron chi connectivity index (χ2n) is 8.04. The summed E-state index contributed by atoms with van der Waals surface area (Å²) in [4.78, 5) is 49.6. The molecule has 0 aliphatic carbocycles. The van der Waals surface area contributed by atoms with E-state index < -0.39 is 41.5 Å². The maximum absolute atomic E-state index is 12.9. The molecule has 1 N–H and O–H groups in total. The summed E-state index contributed by atoms with van der Waals surface area (Å²) >= 11 is 0. The van der Waals surface area contributed by atoms with Crippen LogP contribution in [0.2, 0.25) is 0 Å². The number of amides is 2. The first-order valence-corrected chi connectivity index (χ1v) is 11.0. The van der Waals surface area contributed by atoms with Gasteiger partial charge in [-0.2, -0.15) is 13.2 Å². The van der Waals surface area contributed by atoms with Crippen LogP contribution < -0.4 is 5.32 Å². The summed E-state index contributed by atoms with van der Waals surface area (Å²) < 4.78 is 48.9. The van der Waals surface area contributed by atoms with Gasteiger partial charge < -0.3 is 19.7 Å². The Morgan fingerprint density at radius 3 is 2.19 bits per heavy atom. The number of esters is 2. The average molecular weight is 466 g/mol. The van der Waals surface area contributed by atoms with Crippen molar-refractivity contribution in [3.05, 3.63) is 0 Å². The Morgan fingerprint density at radius 2 is 1.62 bits per heavy atom. The van der Waals surface area contributed by atoms with Gasteiger partial charge in [-0.3, -0.25) is 14.4 Å². The molecule has 11 heteroatoms. The molecule has 0 spiro atoms. The van der Waals surface area contributed by atoms with Gasteiger partial charge in [-0.05, 0) is 39.0 Å². The molecule has 8 nitrogen and oxygen atoms in total.